The number of hydrogen-bond donors (Lipinski definition) is 1. The smallest absolute Gasteiger partial charge is 0.320 e. The molecule has 18 heavy (non-hydrogen) atoms. The summed E-state index contributed by atoms with van der Waals surface area (Å²) in [7, 11) is 0. The molecule has 0 saturated heterocycles. The van der Waals surface area contributed by atoms with Crippen LogP contribution in [0.4, 0.5) is 13.2 Å². The van der Waals surface area contributed by atoms with Crippen molar-refractivity contribution in [2.75, 3.05) is 0 Å². The van der Waals surface area contributed by atoms with Crippen LogP contribution in [-0.4, -0.2) is 0 Å². The molecule has 2 N–H and O–H groups in total. The van der Waals surface area contributed by atoms with Gasteiger partial charge in [0, 0.05) is 4.88 Å². The van der Waals surface area contributed by atoms with Gasteiger partial charge in [0.1, 0.15) is 0 Å². The average Bonchev–Trinajstić information content (AvgIpc) is 2.80. The summed E-state index contributed by atoms with van der Waals surface area (Å²) in [5, 5.41) is 1.51. The highest BCUT2D eigenvalue weighted by Gasteiger charge is 2.33. The Balaban J connectivity index is 2.42. The number of hydrogen-bond acceptors (Lipinski definition) is 2. The number of thiophene rings is 1. The Kier molecular flexibility index (Phi) is 3.66. The number of halogens is 4. The van der Waals surface area contributed by atoms with Crippen molar-refractivity contribution in [3.63, 3.8) is 0 Å². The summed E-state index contributed by atoms with van der Waals surface area (Å²) in [6.07, 6.45) is -4.47. The molecule has 1 aromatic carbocycles. The molecule has 0 saturated carbocycles. The summed E-state index contributed by atoms with van der Waals surface area (Å²) in [5.41, 5.74) is 5.47. The van der Waals surface area contributed by atoms with Crippen LogP contribution in [0.25, 0.3) is 0 Å². The van der Waals surface area contributed by atoms with Crippen molar-refractivity contribution in [1.82, 2.24) is 0 Å². The van der Waals surface area contributed by atoms with Crippen LogP contribution in [0, 0.1) is 0 Å². The summed E-state index contributed by atoms with van der Waals surface area (Å²) >= 11 is 6.96. The molecule has 2 rings (SSSR count). The molecule has 0 fully saturated rings. The molecule has 2 aromatic rings. The predicted molar refractivity (Wildman–Crippen MR) is 66.8 cm³/mol. The van der Waals surface area contributed by atoms with Gasteiger partial charge >= 0.3 is 6.18 Å². The van der Waals surface area contributed by atoms with Gasteiger partial charge in [0.15, 0.2) is 0 Å². The number of benzene rings is 1. The maximum Gasteiger partial charge on any atom is 0.417 e. The molecule has 0 amide bonds. The quantitative estimate of drug-likeness (QED) is 0.868. The SMILES string of the molecule is N[C@@H](c1ccc(Cl)c(C(F)(F)F)c1)c1cccs1. The molecule has 0 aliphatic rings. The fourth-order valence-corrected chi connectivity index (χ4v) is 2.56. The molecule has 0 unspecified atom stereocenters. The minimum Gasteiger partial charge on any atom is -0.320 e. The lowest BCUT2D eigenvalue weighted by molar-refractivity contribution is -0.137. The van der Waals surface area contributed by atoms with Crippen LogP contribution in [0.5, 0.6) is 0 Å². The summed E-state index contributed by atoms with van der Waals surface area (Å²) in [4.78, 5) is 0.811. The summed E-state index contributed by atoms with van der Waals surface area (Å²) in [6, 6.07) is 6.78. The van der Waals surface area contributed by atoms with Crippen LogP contribution in [0.2, 0.25) is 5.02 Å². The molecule has 1 nitrogen and oxygen atoms in total. The van der Waals surface area contributed by atoms with Crippen molar-refractivity contribution >= 4 is 22.9 Å². The molecule has 96 valence electrons. The van der Waals surface area contributed by atoms with E-state index < -0.39 is 17.8 Å². The lowest BCUT2D eigenvalue weighted by Gasteiger charge is -2.14. The third kappa shape index (κ3) is 2.68. The third-order valence-electron chi connectivity index (χ3n) is 2.50. The Morgan fingerprint density at radius 1 is 1.22 bits per heavy atom. The zero-order chi connectivity index (χ0) is 13.3. The second kappa shape index (κ2) is 4.91. The van der Waals surface area contributed by atoms with Gasteiger partial charge in [-0.05, 0) is 29.1 Å². The van der Waals surface area contributed by atoms with E-state index in [0.29, 0.717) is 5.56 Å². The van der Waals surface area contributed by atoms with E-state index in [1.807, 2.05) is 5.38 Å². The maximum atomic E-state index is 12.7. The van der Waals surface area contributed by atoms with Crippen molar-refractivity contribution < 1.29 is 13.2 Å². The van der Waals surface area contributed by atoms with Crippen LogP contribution in [0.15, 0.2) is 35.7 Å². The van der Waals surface area contributed by atoms with Gasteiger partial charge in [0.2, 0.25) is 0 Å². The summed E-state index contributed by atoms with van der Waals surface area (Å²) in [6.45, 7) is 0. The highest BCUT2D eigenvalue weighted by molar-refractivity contribution is 7.10. The Hall–Kier alpha value is -1.04. The molecule has 1 atom stereocenters. The minimum atomic E-state index is -4.47. The number of rotatable bonds is 2. The molecule has 0 aliphatic heterocycles. The zero-order valence-corrected chi connectivity index (χ0v) is 10.6. The third-order valence-corrected chi connectivity index (χ3v) is 3.79. The maximum absolute atomic E-state index is 12.7. The molecular formula is C12H9ClF3NS. The van der Waals surface area contributed by atoms with Gasteiger partial charge in [-0.15, -0.1) is 11.3 Å². The zero-order valence-electron chi connectivity index (χ0n) is 9.04. The molecule has 0 spiro atoms. The van der Waals surface area contributed by atoms with Crippen LogP contribution in [0.1, 0.15) is 22.0 Å². The first-order chi connectivity index (χ1) is 8.39. The fourth-order valence-electron chi connectivity index (χ4n) is 1.59. The second-order valence-corrected chi connectivity index (χ2v) is 5.12. The van der Waals surface area contributed by atoms with Crippen molar-refractivity contribution in [3.05, 3.63) is 56.7 Å². The fraction of sp³-hybridized carbons (Fsp3) is 0.167. The van der Waals surface area contributed by atoms with Gasteiger partial charge in [-0.25, -0.2) is 0 Å². The van der Waals surface area contributed by atoms with E-state index in [1.165, 1.54) is 23.5 Å². The lowest BCUT2D eigenvalue weighted by Crippen LogP contribution is -2.13. The number of nitrogens with two attached hydrogens (primary N) is 1. The molecule has 0 bridgehead atoms. The molecule has 1 heterocycles. The monoisotopic (exact) mass is 291 g/mol. The highest BCUT2D eigenvalue weighted by Crippen LogP contribution is 2.36. The average molecular weight is 292 g/mol. The van der Waals surface area contributed by atoms with E-state index in [0.717, 1.165) is 10.9 Å². The Morgan fingerprint density at radius 2 is 1.94 bits per heavy atom. The van der Waals surface area contributed by atoms with Gasteiger partial charge in [-0.1, -0.05) is 23.7 Å². The summed E-state index contributed by atoms with van der Waals surface area (Å²) in [5.74, 6) is 0. The van der Waals surface area contributed by atoms with Crippen LogP contribution in [0.3, 0.4) is 0 Å². The summed E-state index contributed by atoms with van der Waals surface area (Å²) < 4.78 is 38.1. The van der Waals surface area contributed by atoms with Crippen LogP contribution >= 0.6 is 22.9 Å². The van der Waals surface area contributed by atoms with Gasteiger partial charge in [-0.2, -0.15) is 13.2 Å². The Bertz CT molecular complexity index is 537. The van der Waals surface area contributed by atoms with Crippen LogP contribution < -0.4 is 5.73 Å². The Morgan fingerprint density at radius 3 is 2.50 bits per heavy atom. The first kappa shape index (κ1) is 13.4. The van der Waals surface area contributed by atoms with Crippen LogP contribution in [-0.2, 0) is 6.18 Å². The topological polar surface area (TPSA) is 26.0 Å². The predicted octanol–water partition coefficient (Wildman–Crippen LogP) is 4.47. The van der Waals surface area contributed by atoms with Gasteiger partial charge in [0.25, 0.3) is 0 Å². The molecule has 1 aromatic heterocycles. The normalized spacial score (nSPS) is 13.6. The highest BCUT2D eigenvalue weighted by atomic mass is 35.5. The van der Waals surface area contributed by atoms with E-state index in [4.69, 9.17) is 17.3 Å². The van der Waals surface area contributed by atoms with E-state index in [-0.39, 0.29) is 5.02 Å². The van der Waals surface area contributed by atoms with Crippen molar-refractivity contribution in [3.8, 4) is 0 Å². The molecule has 0 radical (unpaired) electrons. The number of alkyl halides is 3. The molecule has 6 heteroatoms. The van der Waals surface area contributed by atoms with E-state index in [1.54, 1.807) is 12.1 Å². The van der Waals surface area contributed by atoms with Crippen molar-refractivity contribution in [2.24, 2.45) is 5.73 Å². The van der Waals surface area contributed by atoms with Gasteiger partial charge in [0.05, 0.1) is 16.6 Å². The van der Waals surface area contributed by atoms with Crippen molar-refractivity contribution in [1.29, 1.82) is 0 Å². The lowest BCUT2D eigenvalue weighted by atomic mass is 10.0. The van der Waals surface area contributed by atoms with E-state index in [2.05, 4.69) is 0 Å². The Labute approximate surface area is 111 Å². The first-order valence-corrected chi connectivity index (χ1v) is 6.31. The molecular weight excluding hydrogens is 283 g/mol. The largest absolute Gasteiger partial charge is 0.417 e. The standard InChI is InChI=1S/C12H9ClF3NS/c13-9-4-3-7(6-8(9)12(14,15)16)11(17)10-2-1-5-18-10/h1-6,11H,17H2/t11-/m0/s1. The van der Waals surface area contributed by atoms with E-state index >= 15 is 0 Å². The second-order valence-electron chi connectivity index (χ2n) is 3.73. The van der Waals surface area contributed by atoms with Crippen molar-refractivity contribution in [2.45, 2.75) is 12.2 Å². The minimum absolute atomic E-state index is 0.315. The molecule has 0 aliphatic carbocycles. The van der Waals surface area contributed by atoms with E-state index in [9.17, 15) is 13.2 Å². The van der Waals surface area contributed by atoms with Gasteiger partial charge in [-0.3, -0.25) is 0 Å². The first-order valence-electron chi connectivity index (χ1n) is 5.05. The van der Waals surface area contributed by atoms with Gasteiger partial charge < -0.3 is 5.73 Å².